The van der Waals surface area contributed by atoms with Crippen LogP contribution in [0.15, 0.2) is 42.5 Å². The van der Waals surface area contributed by atoms with E-state index in [-0.39, 0.29) is 5.97 Å². The molecule has 0 radical (unpaired) electrons. The zero-order valence-corrected chi connectivity index (χ0v) is 11.3. The molecular weight excluding hydrogens is 240 g/mol. The maximum absolute atomic E-state index is 11.5. The molecule has 0 fully saturated rings. The zero-order chi connectivity index (χ0) is 13.8. The largest absolute Gasteiger partial charge is 0.497 e. The molecule has 0 N–H and O–H groups in total. The quantitative estimate of drug-likeness (QED) is 0.789. The molecule has 0 spiro atoms. The molecule has 3 heteroatoms. The molecule has 2 rings (SSSR count). The van der Waals surface area contributed by atoms with Crippen molar-refractivity contribution in [1.29, 1.82) is 0 Å². The monoisotopic (exact) mass is 256 g/mol. The van der Waals surface area contributed by atoms with Gasteiger partial charge in [-0.3, -0.25) is 0 Å². The second-order valence-electron chi connectivity index (χ2n) is 4.25. The molecule has 0 bridgehead atoms. The summed E-state index contributed by atoms with van der Waals surface area (Å²) in [7, 11) is 3.03. The summed E-state index contributed by atoms with van der Waals surface area (Å²) in [5.74, 6) is 0.499. The van der Waals surface area contributed by atoms with E-state index in [1.807, 2.05) is 43.3 Å². The first kappa shape index (κ1) is 13.1. The SMILES string of the molecule is COC(=O)c1cccc(-c2ccc(OC)cc2C)c1. The first-order chi connectivity index (χ1) is 9.15. The van der Waals surface area contributed by atoms with Gasteiger partial charge in [0.2, 0.25) is 0 Å². The van der Waals surface area contributed by atoms with Crippen LogP contribution in [-0.2, 0) is 4.74 Å². The number of methoxy groups -OCH3 is 2. The van der Waals surface area contributed by atoms with E-state index in [1.165, 1.54) is 7.11 Å². The second kappa shape index (κ2) is 5.57. The third kappa shape index (κ3) is 2.76. The molecule has 0 unspecified atom stereocenters. The lowest BCUT2D eigenvalue weighted by Gasteiger charge is -2.09. The molecule has 2 aromatic carbocycles. The van der Waals surface area contributed by atoms with Crippen LogP contribution in [0, 0.1) is 6.92 Å². The molecule has 0 heterocycles. The van der Waals surface area contributed by atoms with E-state index in [9.17, 15) is 4.79 Å². The lowest BCUT2D eigenvalue weighted by Crippen LogP contribution is -2.00. The second-order valence-corrected chi connectivity index (χ2v) is 4.25. The topological polar surface area (TPSA) is 35.5 Å². The van der Waals surface area contributed by atoms with Crippen LogP contribution in [-0.4, -0.2) is 20.2 Å². The standard InChI is InChI=1S/C16H16O3/c1-11-9-14(18-2)7-8-15(11)12-5-4-6-13(10-12)16(17)19-3/h4-10H,1-3H3. The predicted octanol–water partition coefficient (Wildman–Crippen LogP) is 3.46. The fourth-order valence-electron chi connectivity index (χ4n) is 2.02. The van der Waals surface area contributed by atoms with Crippen LogP contribution in [0.25, 0.3) is 11.1 Å². The first-order valence-corrected chi connectivity index (χ1v) is 5.99. The van der Waals surface area contributed by atoms with Crippen molar-refractivity contribution in [2.24, 2.45) is 0 Å². The van der Waals surface area contributed by atoms with E-state index < -0.39 is 0 Å². The number of hydrogen-bond donors (Lipinski definition) is 0. The molecule has 3 nitrogen and oxygen atoms in total. The lowest BCUT2D eigenvalue weighted by atomic mass is 9.98. The van der Waals surface area contributed by atoms with Crippen LogP contribution in [0.5, 0.6) is 5.75 Å². The average molecular weight is 256 g/mol. The summed E-state index contributed by atoms with van der Waals surface area (Å²) >= 11 is 0. The summed E-state index contributed by atoms with van der Waals surface area (Å²) in [4.78, 5) is 11.5. The summed E-state index contributed by atoms with van der Waals surface area (Å²) in [6.07, 6.45) is 0. The van der Waals surface area contributed by atoms with Crippen LogP contribution in [0.3, 0.4) is 0 Å². The van der Waals surface area contributed by atoms with E-state index in [0.29, 0.717) is 5.56 Å². The Morgan fingerprint density at radius 1 is 1.05 bits per heavy atom. The highest BCUT2D eigenvalue weighted by Crippen LogP contribution is 2.27. The first-order valence-electron chi connectivity index (χ1n) is 5.99. The molecule has 0 saturated carbocycles. The number of carbonyl (C=O) groups is 1. The Kier molecular flexibility index (Phi) is 3.85. The molecule has 19 heavy (non-hydrogen) atoms. The van der Waals surface area contributed by atoms with E-state index in [4.69, 9.17) is 9.47 Å². The number of aryl methyl sites for hydroxylation is 1. The minimum absolute atomic E-state index is 0.326. The number of ether oxygens (including phenoxy) is 2. The minimum Gasteiger partial charge on any atom is -0.497 e. The Morgan fingerprint density at radius 2 is 1.84 bits per heavy atom. The molecule has 0 atom stereocenters. The molecule has 2 aromatic rings. The summed E-state index contributed by atoms with van der Waals surface area (Å²) < 4.78 is 9.93. The van der Waals surface area contributed by atoms with Crippen LogP contribution < -0.4 is 4.74 Å². The van der Waals surface area contributed by atoms with Crippen molar-refractivity contribution in [2.45, 2.75) is 6.92 Å². The van der Waals surface area contributed by atoms with Crippen molar-refractivity contribution in [3.63, 3.8) is 0 Å². The molecule has 0 aliphatic heterocycles. The van der Waals surface area contributed by atoms with Crippen LogP contribution in [0.2, 0.25) is 0 Å². The van der Waals surface area contributed by atoms with Gasteiger partial charge < -0.3 is 9.47 Å². The van der Waals surface area contributed by atoms with Crippen LogP contribution in [0.1, 0.15) is 15.9 Å². The van der Waals surface area contributed by atoms with Gasteiger partial charge in [-0.05, 0) is 47.9 Å². The molecule has 0 amide bonds. The smallest absolute Gasteiger partial charge is 0.337 e. The number of rotatable bonds is 3. The van der Waals surface area contributed by atoms with Gasteiger partial charge in [-0.15, -0.1) is 0 Å². The summed E-state index contributed by atoms with van der Waals surface area (Å²) in [6.45, 7) is 2.02. The number of carbonyl (C=O) groups excluding carboxylic acids is 1. The Morgan fingerprint density at radius 3 is 2.47 bits per heavy atom. The van der Waals surface area contributed by atoms with Gasteiger partial charge in [0.25, 0.3) is 0 Å². The molecule has 0 aliphatic rings. The van der Waals surface area contributed by atoms with Gasteiger partial charge in [-0.1, -0.05) is 18.2 Å². The highest BCUT2D eigenvalue weighted by molar-refractivity contribution is 5.91. The Balaban J connectivity index is 2.44. The normalized spacial score (nSPS) is 10.1. The third-order valence-electron chi connectivity index (χ3n) is 3.03. The Labute approximate surface area is 112 Å². The van der Waals surface area contributed by atoms with Gasteiger partial charge in [-0.25, -0.2) is 4.79 Å². The molecule has 0 saturated heterocycles. The van der Waals surface area contributed by atoms with Gasteiger partial charge in [0.1, 0.15) is 5.75 Å². The van der Waals surface area contributed by atoms with Crippen molar-refractivity contribution in [3.8, 4) is 16.9 Å². The summed E-state index contributed by atoms with van der Waals surface area (Å²) in [5.41, 5.74) is 3.71. The van der Waals surface area contributed by atoms with Crippen molar-refractivity contribution >= 4 is 5.97 Å². The van der Waals surface area contributed by atoms with Gasteiger partial charge in [0.15, 0.2) is 0 Å². The summed E-state index contributed by atoms with van der Waals surface area (Å²) in [5, 5.41) is 0. The van der Waals surface area contributed by atoms with Crippen molar-refractivity contribution < 1.29 is 14.3 Å². The Hall–Kier alpha value is -2.29. The van der Waals surface area contributed by atoms with Gasteiger partial charge in [-0.2, -0.15) is 0 Å². The molecule has 0 aromatic heterocycles. The van der Waals surface area contributed by atoms with E-state index in [0.717, 1.165) is 22.4 Å². The molecule has 0 aliphatic carbocycles. The lowest BCUT2D eigenvalue weighted by molar-refractivity contribution is 0.0601. The number of hydrogen-bond acceptors (Lipinski definition) is 3. The van der Waals surface area contributed by atoms with Crippen LogP contribution >= 0.6 is 0 Å². The zero-order valence-electron chi connectivity index (χ0n) is 11.3. The van der Waals surface area contributed by atoms with Crippen molar-refractivity contribution in [1.82, 2.24) is 0 Å². The van der Waals surface area contributed by atoms with Crippen molar-refractivity contribution in [2.75, 3.05) is 14.2 Å². The molecular formula is C16H16O3. The highest BCUT2D eigenvalue weighted by Gasteiger charge is 2.08. The number of esters is 1. The minimum atomic E-state index is -0.326. The maximum atomic E-state index is 11.5. The fourth-order valence-corrected chi connectivity index (χ4v) is 2.02. The van der Waals surface area contributed by atoms with Crippen molar-refractivity contribution in [3.05, 3.63) is 53.6 Å². The van der Waals surface area contributed by atoms with Gasteiger partial charge in [0, 0.05) is 0 Å². The maximum Gasteiger partial charge on any atom is 0.337 e. The Bertz CT molecular complexity index is 603. The van der Waals surface area contributed by atoms with Gasteiger partial charge >= 0.3 is 5.97 Å². The van der Waals surface area contributed by atoms with E-state index in [1.54, 1.807) is 13.2 Å². The molecule has 98 valence electrons. The average Bonchev–Trinajstić information content (AvgIpc) is 2.46. The summed E-state index contributed by atoms with van der Waals surface area (Å²) in [6, 6.07) is 13.3. The van der Waals surface area contributed by atoms with E-state index >= 15 is 0 Å². The predicted molar refractivity (Wildman–Crippen MR) is 74.5 cm³/mol. The van der Waals surface area contributed by atoms with Gasteiger partial charge in [0.05, 0.1) is 19.8 Å². The van der Waals surface area contributed by atoms with E-state index in [2.05, 4.69) is 0 Å². The third-order valence-corrected chi connectivity index (χ3v) is 3.03. The fraction of sp³-hybridized carbons (Fsp3) is 0.188. The van der Waals surface area contributed by atoms with Crippen LogP contribution in [0.4, 0.5) is 0 Å². The number of benzene rings is 2. The highest BCUT2D eigenvalue weighted by atomic mass is 16.5.